The Kier molecular flexibility index (Phi) is 9.30. The second kappa shape index (κ2) is 11.9. The summed E-state index contributed by atoms with van der Waals surface area (Å²) >= 11 is 7.43. The fourth-order valence-corrected chi connectivity index (χ4v) is 5.13. The number of amides is 1. The maximum atomic E-state index is 12.3. The van der Waals surface area contributed by atoms with E-state index in [1.807, 2.05) is 24.3 Å². The van der Waals surface area contributed by atoms with Crippen LogP contribution in [0.15, 0.2) is 29.2 Å². The van der Waals surface area contributed by atoms with E-state index in [0.29, 0.717) is 17.3 Å². The van der Waals surface area contributed by atoms with Crippen LogP contribution >= 0.6 is 23.4 Å². The lowest BCUT2D eigenvalue weighted by Crippen LogP contribution is -2.59. The third-order valence-electron chi connectivity index (χ3n) is 5.83. The van der Waals surface area contributed by atoms with E-state index in [9.17, 15) is 9.59 Å². The Morgan fingerprint density at radius 1 is 1.13 bits per heavy atom. The van der Waals surface area contributed by atoms with Crippen LogP contribution in [0.4, 0.5) is 0 Å². The molecule has 0 spiro atoms. The molecule has 1 aromatic carbocycles. The summed E-state index contributed by atoms with van der Waals surface area (Å²) in [6.07, 6.45) is 6.08. The molecule has 3 rings (SSSR count). The number of nitrogens with one attached hydrogen (secondary N) is 1. The monoisotopic (exact) mass is 454 g/mol. The average molecular weight is 455 g/mol. The predicted molar refractivity (Wildman–Crippen MR) is 119 cm³/mol. The van der Waals surface area contributed by atoms with Crippen molar-refractivity contribution in [2.75, 3.05) is 45.2 Å². The summed E-state index contributed by atoms with van der Waals surface area (Å²) in [4.78, 5) is 27.8. The highest BCUT2D eigenvalue weighted by Gasteiger charge is 2.38. The van der Waals surface area contributed by atoms with Gasteiger partial charge in [0.1, 0.15) is 0 Å². The van der Waals surface area contributed by atoms with E-state index in [0.717, 1.165) is 44.0 Å². The van der Waals surface area contributed by atoms with E-state index >= 15 is 0 Å². The first-order chi connectivity index (χ1) is 14.6. The van der Waals surface area contributed by atoms with E-state index in [2.05, 4.69) is 10.2 Å². The fraction of sp³-hybridized carbons (Fsp3) is 0.636. The first-order valence-corrected chi connectivity index (χ1v) is 12.1. The van der Waals surface area contributed by atoms with Gasteiger partial charge in [-0.05, 0) is 37.1 Å². The second-order valence-electron chi connectivity index (χ2n) is 7.87. The minimum atomic E-state index is -0.354. The molecule has 1 heterocycles. The van der Waals surface area contributed by atoms with Crippen molar-refractivity contribution in [3.8, 4) is 0 Å². The molecule has 0 aromatic heterocycles. The molecular formula is C22H31ClN2O4S. The number of rotatable bonds is 9. The number of hydrogen-bond donors (Lipinski definition) is 1. The number of halogens is 1. The Hall–Kier alpha value is -1.28. The minimum absolute atomic E-state index is 0.0108. The molecule has 2 fully saturated rings. The zero-order valence-corrected chi connectivity index (χ0v) is 18.9. The zero-order chi connectivity index (χ0) is 21.2. The van der Waals surface area contributed by atoms with Gasteiger partial charge in [-0.25, -0.2) is 0 Å². The van der Waals surface area contributed by atoms with Crippen LogP contribution in [-0.2, 0) is 19.1 Å². The molecule has 8 heteroatoms. The van der Waals surface area contributed by atoms with Crippen LogP contribution in [0.1, 0.15) is 38.5 Å². The van der Waals surface area contributed by atoms with Gasteiger partial charge in [-0.3, -0.25) is 14.5 Å². The van der Waals surface area contributed by atoms with Crippen LogP contribution < -0.4 is 5.32 Å². The third kappa shape index (κ3) is 7.15. The molecule has 1 aliphatic heterocycles. The van der Waals surface area contributed by atoms with Gasteiger partial charge in [-0.15, -0.1) is 11.8 Å². The van der Waals surface area contributed by atoms with E-state index in [1.54, 1.807) is 11.8 Å². The second-order valence-corrected chi connectivity index (χ2v) is 9.48. The van der Waals surface area contributed by atoms with Crippen molar-refractivity contribution in [3.63, 3.8) is 0 Å². The van der Waals surface area contributed by atoms with Crippen molar-refractivity contribution in [1.29, 1.82) is 0 Å². The molecule has 1 saturated carbocycles. The molecule has 1 aromatic rings. The zero-order valence-electron chi connectivity index (χ0n) is 17.4. The fourth-order valence-electron chi connectivity index (χ4n) is 4.17. The van der Waals surface area contributed by atoms with Gasteiger partial charge in [0.15, 0.2) is 6.61 Å². The summed E-state index contributed by atoms with van der Waals surface area (Å²) in [6.45, 7) is 3.72. The lowest BCUT2D eigenvalue weighted by molar-refractivity contribution is -0.148. The van der Waals surface area contributed by atoms with Crippen molar-refractivity contribution < 1.29 is 19.1 Å². The van der Waals surface area contributed by atoms with Crippen LogP contribution in [0, 0.1) is 0 Å². The summed E-state index contributed by atoms with van der Waals surface area (Å²) in [5, 5.41) is 3.71. The molecule has 30 heavy (non-hydrogen) atoms. The van der Waals surface area contributed by atoms with Crippen LogP contribution in [0.5, 0.6) is 0 Å². The number of nitrogens with zero attached hydrogens (tertiary/aromatic N) is 1. The molecule has 166 valence electrons. The molecule has 2 aliphatic rings. The van der Waals surface area contributed by atoms with Gasteiger partial charge >= 0.3 is 5.97 Å². The van der Waals surface area contributed by atoms with Crippen molar-refractivity contribution in [3.05, 3.63) is 29.3 Å². The molecule has 0 atom stereocenters. The topological polar surface area (TPSA) is 67.9 Å². The Labute approximate surface area is 188 Å². The van der Waals surface area contributed by atoms with Crippen LogP contribution in [0.25, 0.3) is 0 Å². The molecule has 1 N–H and O–H groups in total. The maximum Gasteiger partial charge on any atom is 0.307 e. The average Bonchev–Trinajstić information content (AvgIpc) is 2.79. The lowest BCUT2D eigenvalue weighted by Gasteiger charge is -2.48. The van der Waals surface area contributed by atoms with Crippen LogP contribution in [0.2, 0.25) is 5.02 Å². The highest BCUT2D eigenvalue weighted by Crippen LogP contribution is 2.33. The van der Waals surface area contributed by atoms with Crippen LogP contribution in [-0.4, -0.2) is 67.5 Å². The van der Waals surface area contributed by atoms with Gasteiger partial charge in [0, 0.05) is 40.8 Å². The molecule has 0 unspecified atom stereocenters. The highest BCUT2D eigenvalue weighted by atomic mass is 35.5. The van der Waals surface area contributed by atoms with Crippen molar-refractivity contribution in [2.24, 2.45) is 0 Å². The molecule has 0 radical (unpaired) electrons. The Balaban J connectivity index is 1.36. The third-order valence-corrected chi connectivity index (χ3v) is 7.10. The number of morpholine rings is 1. The quantitative estimate of drug-likeness (QED) is 0.455. The van der Waals surface area contributed by atoms with Gasteiger partial charge in [0.25, 0.3) is 5.91 Å². The Bertz CT molecular complexity index is 689. The molecule has 0 bridgehead atoms. The van der Waals surface area contributed by atoms with Crippen LogP contribution in [0.3, 0.4) is 0 Å². The van der Waals surface area contributed by atoms with Gasteiger partial charge < -0.3 is 14.8 Å². The number of carbonyl (C=O) groups excluding carboxylic acids is 2. The maximum absolute atomic E-state index is 12.3. The van der Waals surface area contributed by atoms with E-state index in [-0.39, 0.29) is 30.4 Å². The standard InChI is InChI=1S/C22H31ClN2O4S/c23-18-4-6-19(7-5-18)30-15-8-21(27)29-16-20(26)24-17-22(9-2-1-3-10-22)25-11-13-28-14-12-25/h4-7H,1-3,8-17H2,(H,24,26). The summed E-state index contributed by atoms with van der Waals surface area (Å²) in [5.74, 6) is 0.0153. The molecule has 6 nitrogen and oxygen atoms in total. The van der Waals surface area contributed by atoms with Crippen molar-refractivity contribution >= 4 is 35.2 Å². The first kappa shape index (κ1) is 23.4. The van der Waals surface area contributed by atoms with Gasteiger partial charge in [-0.1, -0.05) is 30.9 Å². The normalized spacial score (nSPS) is 19.2. The first-order valence-electron chi connectivity index (χ1n) is 10.7. The van der Waals surface area contributed by atoms with Gasteiger partial charge in [0.05, 0.1) is 19.6 Å². The predicted octanol–water partition coefficient (Wildman–Crippen LogP) is 3.52. The van der Waals surface area contributed by atoms with Crippen molar-refractivity contribution in [1.82, 2.24) is 10.2 Å². The SMILES string of the molecule is O=C(COC(=O)CCSc1ccc(Cl)cc1)NCC1(N2CCOCC2)CCCCC1. The molecular weight excluding hydrogens is 424 g/mol. The number of thioether (sulfide) groups is 1. The number of benzene rings is 1. The van der Waals surface area contributed by atoms with Gasteiger partial charge in [0.2, 0.25) is 0 Å². The Morgan fingerprint density at radius 2 is 1.83 bits per heavy atom. The van der Waals surface area contributed by atoms with Gasteiger partial charge in [-0.2, -0.15) is 0 Å². The van der Waals surface area contributed by atoms with E-state index < -0.39 is 0 Å². The number of carbonyl (C=O) groups is 2. The number of hydrogen-bond acceptors (Lipinski definition) is 6. The Morgan fingerprint density at radius 3 is 2.53 bits per heavy atom. The summed E-state index contributed by atoms with van der Waals surface area (Å²) < 4.78 is 10.7. The molecule has 1 amide bonds. The highest BCUT2D eigenvalue weighted by molar-refractivity contribution is 7.99. The summed E-state index contributed by atoms with van der Waals surface area (Å²) in [5.41, 5.74) is 0.0108. The van der Waals surface area contributed by atoms with Crippen molar-refractivity contribution in [2.45, 2.75) is 49.0 Å². The number of ether oxygens (including phenoxy) is 2. The number of esters is 1. The van der Waals surface area contributed by atoms with E-state index in [4.69, 9.17) is 21.1 Å². The summed E-state index contributed by atoms with van der Waals surface area (Å²) in [7, 11) is 0. The lowest BCUT2D eigenvalue weighted by atomic mass is 9.79. The molecule has 1 aliphatic carbocycles. The molecule has 1 saturated heterocycles. The minimum Gasteiger partial charge on any atom is -0.456 e. The summed E-state index contributed by atoms with van der Waals surface area (Å²) in [6, 6.07) is 7.48. The smallest absolute Gasteiger partial charge is 0.307 e. The largest absolute Gasteiger partial charge is 0.456 e. The van der Waals surface area contributed by atoms with E-state index in [1.165, 1.54) is 19.3 Å².